The number of carbonyl (C=O) groups excluding carboxylic acids is 2. The van der Waals surface area contributed by atoms with Crippen LogP contribution >= 0.6 is 12.4 Å². The summed E-state index contributed by atoms with van der Waals surface area (Å²) in [4.78, 5) is 23.6. The van der Waals surface area contributed by atoms with Gasteiger partial charge in [-0.05, 0) is 29.8 Å². The molecule has 1 heterocycles. The van der Waals surface area contributed by atoms with Gasteiger partial charge >= 0.3 is 0 Å². The molecule has 1 aromatic heterocycles. The second-order valence-electron chi connectivity index (χ2n) is 4.81. The van der Waals surface area contributed by atoms with Crippen molar-refractivity contribution in [3.63, 3.8) is 0 Å². The maximum atomic E-state index is 11.8. The van der Waals surface area contributed by atoms with Crippen molar-refractivity contribution in [2.45, 2.75) is 12.6 Å². The van der Waals surface area contributed by atoms with Gasteiger partial charge in [-0.3, -0.25) is 9.59 Å². The maximum Gasteiger partial charge on any atom is 0.291 e. The molecule has 4 N–H and O–H groups in total. The van der Waals surface area contributed by atoms with Gasteiger partial charge in [0.25, 0.3) is 11.8 Å². The summed E-state index contributed by atoms with van der Waals surface area (Å²) >= 11 is 0. The van der Waals surface area contributed by atoms with Crippen LogP contribution in [0.5, 0.6) is 0 Å². The zero-order valence-corrected chi connectivity index (χ0v) is 14.0. The Kier molecular flexibility index (Phi) is 7.97. The molecule has 2 amide bonds. The van der Waals surface area contributed by atoms with E-state index in [2.05, 4.69) is 10.6 Å². The highest BCUT2D eigenvalue weighted by Crippen LogP contribution is 2.11. The van der Waals surface area contributed by atoms with Crippen LogP contribution < -0.4 is 16.4 Å². The third kappa shape index (κ3) is 5.38. The number of carbonyl (C=O) groups is 2. The van der Waals surface area contributed by atoms with E-state index in [1.54, 1.807) is 24.3 Å². The van der Waals surface area contributed by atoms with E-state index >= 15 is 0 Å². The lowest BCUT2D eigenvalue weighted by atomic mass is 10.2. The third-order valence-electron chi connectivity index (χ3n) is 3.21. The first kappa shape index (κ1) is 19.7. The topological polar surface area (TPSA) is 107 Å². The number of rotatable bonds is 7. The predicted molar refractivity (Wildman–Crippen MR) is 92.0 cm³/mol. The smallest absolute Gasteiger partial charge is 0.291 e. The van der Waals surface area contributed by atoms with Crippen LogP contribution in [-0.2, 0) is 16.1 Å². The lowest BCUT2D eigenvalue weighted by Crippen LogP contribution is -2.40. The Morgan fingerprint density at radius 3 is 2.50 bits per heavy atom. The number of halogens is 1. The van der Waals surface area contributed by atoms with Crippen LogP contribution in [-0.4, -0.2) is 31.6 Å². The molecule has 0 spiro atoms. The van der Waals surface area contributed by atoms with Gasteiger partial charge < -0.3 is 25.5 Å². The van der Waals surface area contributed by atoms with E-state index < -0.39 is 6.10 Å². The first-order chi connectivity index (χ1) is 11.1. The van der Waals surface area contributed by atoms with Gasteiger partial charge in [0.1, 0.15) is 6.10 Å². The maximum absolute atomic E-state index is 11.8. The Balaban J connectivity index is 0.00000288. The molecule has 0 aliphatic rings. The molecule has 0 saturated carbocycles. The zero-order chi connectivity index (χ0) is 16.7. The van der Waals surface area contributed by atoms with Crippen LogP contribution in [0.15, 0.2) is 47.1 Å². The van der Waals surface area contributed by atoms with Gasteiger partial charge in [0.2, 0.25) is 0 Å². The monoisotopic (exact) mass is 353 g/mol. The molecule has 0 aliphatic heterocycles. The minimum absolute atomic E-state index is 0. The number of nitrogens with two attached hydrogens (primary N) is 1. The molecule has 0 fully saturated rings. The molecule has 8 heteroatoms. The number of furan rings is 1. The molecule has 1 aromatic carbocycles. The number of methoxy groups -OCH3 is 1. The summed E-state index contributed by atoms with van der Waals surface area (Å²) in [5.41, 5.74) is 6.95. The lowest BCUT2D eigenvalue weighted by molar-refractivity contribution is -0.130. The van der Waals surface area contributed by atoms with Crippen LogP contribution in [0.25, 0.3) is 0 Å². The summed E-state index contributed by atoms with van der Waals surface area (Å²) in [5.74, 6) is -0.333. The molecule has 0 aliphatic carbocycles. The molecule has 0 radical (unpaired) electrons. The average Bonchev–Trinajstić information content (AvgIpc) is 3.10. The largest absolute Gasteiger partial charge is 0.459 e. The van der Waals surface area contributed by atoms with Crippen molar-refractivity contribution < 1.29 is 18.7 Å². The third-order valence-corrected chi connectivity index (χ3v) is 3.21. The summed E-state index contributed by atoms with van der Waals surface area (Å²) < 4.78 is 9.97. The van der Waals surface area contributed by atoms with Crippen LogP contribution in [0.3, 0.4) is 0 Å². The first-order valence-electron chi connectivity index (χ1n) is 7.08. The van der Waals surface area contributed by atoms with Crippen LogP contribution in [0.2, 0.25) is 0 Å². The van der Waals surface area contributed by atoms with Gasteiger partial charge in [0.15, 0.2) is 5.76 Å². The van der Waals surface area contributed by atoms with Crippen LogP contribution in [0.1, 0.15) is 16.1 Å². The first-order valence-corrected chi connectivity index (χ1v) is 7.08. The number of hydrogen-bond donors (Lipinski definition) is 3. The molecule has 0 saturated heterocycles. The highest BCUT2D eigenvalue weighted by molar-refractivity contribution is 6.02. The number of hydrogen-bond acceptors (Lipinski definition) is 5. The van der Waals surface area contributed by atoms with Gasteiger partial charge in [0.05, 0.1) is 6.26 Å². The van der Waals surface area contributed by atoms with Gasteiger partial charge in [0, 0.05) is 25.9 Å². The van der Waals surface area contributed by atoms with Crippen molar-refractivity contribution in [1.82, 2.24) is 5.32 Å². The van der Waals surface area contributed by atoms with E-state index in [1.165, 1.54) is 13.4 Å². The predicted octanol–water partition coefficient (Wildman–Crippen LogP) is 1.54. The second-order valence-corrected chi connectivity index (χ2v) is 4.81. The Labute approximate surface area is 146 Å². The highest BCUT2D eigenvalue weighted by Gasteiger charge is 2.14. The van der Waals surface area contributed by atoms with E-state index in [1.807, 2.05) is 12.1 Å². The normalized spacial score (nSPS) is 11.2. The van der Waals surface area contributed by atoms with Crippen LogP contribution in [0.4, 0.5) is 5.69 Å². The number of anilines is 1. The molecule has 0 bridgehead atoms. The fraction of sp³-hybridized carbons (Fsp3) is 0.250. The van der Waals surface area contributed by atoms with Crippen molar-refractivity contribution in [3.8, 4) is 0 Å². The minimum Gasteiger partial charge on any atom is -0.459 e. The number of nitrogens with one attached hydrogen (secondary N) is 2. The standard InChI is InChI=1S/C16H19N3O4.ClH/c1-22-14(9-17)15(20)18-10-11-4-6-12(7-5-11)19-16(21)13-3-2-8-23-13;/h2-8,14H,9-10,17H2,1H3,(H,18,20)(H,19,21);1H. The van der Waals surface area contributed by atoms with Gasteiger partial charge in [-0.25, -0.2) is 0 Å². The summed E-state index contributed by atoms with van der Waals surface area (Å²) in [6.07, 6.45) is 0.789. The Bertz CT molecular complexity index is 640. The van der Waals surface area contributed by atoms with Gasteiger partial charge in [-0.1, -0.05) is 12.1 Å². The molecule has 24 heavy (non-hydrogen) atoms. The molecule has 7 nitrogen and oxygen atoms in total. The number of ether oxygens (including phenoxy) is 1. The van der Waals surface area contributed by atoms with Gasteiger partial charge in [-0.15, -0.1) is 12.4 Å². The minimum atomic E-state index is -0.651. The van der Waals surface area contributed by atoms with Crippen molar-refractivity contribution in [2.75, 3.05) is 19.0 Å². The molecular weight excluding hydrogens is 334 g/mol. The zero-order valence-electron chi connectivity index (χ0n) is 13.2. The molecule has 2 aromatic rings. The fourth-order valence-corrected chi connectivity index (χ4v) is 1.92. The molecule has 1 unspecified atom stereocenters. The van der Waals surface area contributed by atoms with E-state index in [0.29, 0.717) is 12.2 Å². The summed E-state index contributed by atoms with van der Waals surface area (Å²) in [7, 11) is 1.44. The lowest BCUT2D eigenvalue weighted by Gasteiger charge is -2.13. The second kappa shape index (κ2) is 9.71. The van der Waals surface area contributed by atoms with Crippen molar-refractivity contribution in [2.24, 2.45) is 5.73 Å². The Morgan fingerprint density at radius 1 is 1.25 bits per heavy atom. The Hall–Kier alpha value is -2.35. The summed E-state index contributed by atoms with van der Waals surface area (Å²) in [6, 6.07) is 10.3. The molecule has 2 rings (SSSR count). The quantitative estimate of drug-likeness (QED) is 0.700. The Morgan fingerprint density at radius 2 is 1.96 bits per heavy atom. The van der Waals surface area contributed by atoms with E-state index in [9.17, 15) is 9.59 Å². The summed E-state index contributed by atoms with van der Waals surface area (Å²) in [6.45, 7) is 0.477. The molecular formula is C16H20ClN3O4. The number of amides is 2. The highest BCUT2D eigenvalue weighted by atomic mass is 35.5. The average molecular weight is 354 g/mol. The van der Waals surface area contributed by atoms with Gasteiger partial charge in [-0.2, -0.15) is 0 Å². The van der Waals surface area contributed by atoms with E-state index in [4.69, 9.17) is 14.9 Å². The van der Waals surface area contributed by atoms with Crippen molar-refractivity contribution >= 4 is 29.9 Å². The van der Waals surface area contributed by atoms with Crippen molar-refractivity contribution in [3.05, 3.63) is 54.0 Å². The van der Waals surface area contributed by atoms with Crippen LogP contribution in [0, 0.1) is 0 Å². The number of benzene rings is 1. The molecule has 1 atom stereocenters. The van der Waals surface area contributed by atoms with E-state index in [-0.39, 0.29) is 36.5 Å². The molecule has 130 valence electrons. The SMILES string of the molecule is COC(CN)C(=O)NCc1ccc(NC(=O)c2ccco2)cc1.Cl. The summed E-state index contributed by atoms with van der Waals surface area (Å²) in [5, 5.41) is 5.45. The van der Waals surface area contributed by atoms with E-state index in [0.717, 1.165) is 5.56 Å². The van der Waals surface area contributed by atoms with Crippen molar-refractivity contribution in [1.29, 1.82) is 0 Å². The fourth-order valence-electron chi connectivity index (χ4n) is 1.92.